The van der Waals surface area contributed by atoms with Crippen LogP contribution in [0.4, 0.5) is 35.2 Å². The largest absolute Gasteiger partial charge is 0.465 e. The topological polar surface area (TPSA) is 120 Å². The Balaban J connectivity index is 1.87. The van der Waals surface area contributed by atoms with Crippen molar-refractivity contribution in [1.82, 2.24) is 9.97 Å². The van der Waals surface area contributed by atoms with Gasteiger partial charge >= 0.3 is 12.3 Å². The highest BCUT2D eigenvalue weighted by molar-refractivity contribution is 7.80. The Morgan fingerprint density at radius 2 is 2.12 bits per heavy atom. The average molecular weight is 482 g/mol. The molecule has 0 aliphatic carbocycles. The van der Waals surface area contributed by atoms with Crippen LogP contribution in [-0.2, 0) is 12.6 Å². The van der Waals surface area contributed by atoms with E-state index in [9.17, 15) is 23.1 Å². The molecular formula is C20H22F3N7O2S. The molecule has 1 amide bonds. The molecule has 0 saturated heterocycles. The van der Waals surface area contributed by atoms with Gasteiger partial charge < -0.3 is 21.1 Å². The predicted octanol–water partition coefficient (Wildman–Crippen LogP) is 3.50. The normalized spacial score (nSPS) is 16.0. The summed E-state index contributed by atoms with van der Waals surface area (Å²) in [4.78, 5) is 26.1. The molecule has 0 bridgehead atoms. The number of carbonyl (C=O) groups is 1. The first-order valence-electron chi connectivity index (χ1n) is 9.80. The van der Waals surface area contributed by atoms with Crippen molar-refractivity contribution < 1.29 is 23.1 Å². The van der Waals surface area contributed by atoms with Gasteiger partial charge in [-0.15, -0.1) is 0 Å². The molecule has 176 valence electrons. The van der Waals surface area contributed by atoms with Crippen LogP contribution in [0, 0.1) is 0 Å². The van der Waals surface area contributed by atoms with Gasteiger partial charge in [-0.3, -0.25) is 9.88 Å². The molecule has 0 fully saturated rings. The van der Waals surface area contributed by atoms with Crippen molar-refractivity contribution >= 4 is 46.5 Å². The van der Waals surface area contributed by atoms with Gasteiger partial charge in [0.15, 0.2) is 10.9 Å². The van der Waals surface area contributed by atoms with E-state index in [1.807, 2.05) is 19.9 Å². The fourth-order valence-electron chi connectivity index (χ4n) is 3.57. The van der Waals surface area contributed by atoms with Crippen molar-refractivity contribution in [3.63, 3.8) is 0 Å². The Hall–Kier alpha value is -3.48. The first kappa shape index (κ1) is 24.2. The molecule has 2 aromatic rings. The monoisotopic (exact) mass is 481 g/mol. The van der Waals surface area contributed by atoms with Crippen LogP contribution in [-0.4, -0.2) is 51.2 Å². The number of amidine groups is 1. The highest BCUT2D eigenvalue weighted by Gasteiger charge is 2.34. The molecule has 1 aliphatic heterocycles. The number of aromatic nitrogens is 2. The number of halogens is 3. The minimum Gasteiger partial charge on any atom is -0.465 e. The van der Waals surface area contributed by atoms with E-state index in [4.69, 9.17) is 18.0 Å². The summed E-state index contributed by atoms with van der Waals surface area (Å²) in [6.07, 6.45) is -1.59. The van der Waals surface area contributed by atoms with Crippen LogP contribution in [0.2, 0.25) is 0 Å². The van der Waals surface area contributed by atoms with Crippen LogP contribution in [0.25, 0.3) is 0 Å². The third kappa shape index (κ3) is 5.13. The van der Waals surface area contributed by atoms with Crippen molar-refractivity contribution in [3.05, 3.63) is 41.9 Å². The van der Waals surface area contributed by atoms with Gasteiger partial charge in [-0.2, -0.15) is 13.2 Å². The van der Waals surface area contributed by atoms with Crippen molar-refractivity contribution in [3.8, 4) is 0 Å². The van der Waals surface area contributed by atoms with Crippen LogP contribution in [0.5, 0.6) is 0 Å². The number of fused-ring (bicyclic) bond motifs is 1. The minimum atomic E-state index is -4.70. The Morgan fingerprint density at radius 3 is 2.73 bits per heavy atom. The Labute approximate surface area is 193 Å². The molecule has 0 aromatic carbocycles. The van der Waals surface area contributed by atoms with Gasteiger partial charge in [-0.1, -0.05) is 0 Å². The number of carboxylic acid groups (broad SMARTS) is 1. The number of thiocarbonyl (C=S) groups is 1. The molecule has 1 unspecified atom stereocenters. The van der Waals surface area contributed by atoms with Gasteiger partial charge in [0, 0.05) is 43.8 Å². The maximum atomic E-state index is 13.1. The van der Waals surface area contributed by atoms with Gasteiger partial charge in [0.1, 0.15) is 5.84 Å². The number of nitrogens with two attached hydrogens (primary N) is 1. The molecule has 3 heterocycles. The Kier molecular flexibility index (Phi) is 6.72. The summed E-state index contributed by atoms with van der Waals surface area (Å²) < 4.78 is 39.3. The molecule has 0 saturated carbocycles. The fraction of sp³-hybridized carbons (Fsp3) is 0.350. The van der Waals surface area contributed by atoms with E-state index in [-0.39, 0.29) is 34.5 Å². The lowest BCUT2D eigenvalue weighted by molar-refractivity contribution is -0.137. The number of alkyl halides is 3. The molecule has 0 radical (unpaired) electrons. The van der Waals surface area contributed by atoms with Gasteiger partial charge in [-0.05, 0) is 43.8 Å². The Bertz CT molecular complexity index is 1110. The number of rotatable bonds is 4. The lowest BCUT2D eigenvalue weighted by Crippen LogP contribution is -2.46. The zero-order chi connectivity index (χ0) is 24.5. The van der Waals surface area contributed by atoms with Crippen LogP contribution < -0.4 is 20.9 Å². The van der Waals surface area contributed by atoms with E-state index < -0.39 is 17.8 Å². The molecule has 9 nitrogen and oxygen atoms in total. The number of anilines is 3. The van der Waals surface area contributed by atoms with Gasteiger partial charge in [-0.25, -0.2) is 14.8 Å². The first-order valence-corrected chi connectivity index (χ1v) is 10.2. The summed E-state index contributed by atoms with van der Waals surface area (Å²) in [6.45, 7) is 4.01. The second kappa shape index (κ2) is 9.17. The van der Waals surface area contributed by atoms with E-state index in [0.717, 1.165) is 18.3 Å². The summed E-state index contributed by atoms with van der Waals surface area (Å²) in [6, 6.07) is 2.35. The average Bonchev–Trinajstić information content (AvgIpc) is 3.12. The zero-order valence-corrected chi connectivity index (χ0v) is 18.8. The van der Waals surface area contributed by atoms with Gasteiger partial charge in [0.25, 0.3) is 0 Å². The SMILES string of the molecule is CC(C)N1c2ccncc2CC1C(N)=NC(=S)Nc1ncc(C(F)(F)F)cc1N(C)C(=O)O. The number of nitrogens with one attached hydrogen (secondary N) is 1. The lowest BCUT2D eigenvalue weighted by Gasteiger charge is -2.31. The quantitative estimate of drug-likeness (QED) is 0.345. The highest BCUT2D eigenvalue weighted by atomic mass is 32.1. The molecular weight excluding hydrogens is 459 g/mol. The summed E-state index contributed by atoms with van der Waals surface area (Å²) in [5, 5.41) is 11.7. The fourth-order valence-corrected chi connectivity index (χ4v) is 3.77. The van der Waals surface area contributed by atoms with Crippen molar-refractivity contribution in [2.45, 2.75) is 38.5 Å². The maximum absolute atomic E-state index is 13.1. The Morgan fingerprint density at radius 1 is 1.42 bits per heavy atom. The van der Waals surface area contributed by atoms with Gasteiger partial charge in [0.2, 0.25) is 0 Å². The molecule has 3 rings (SSSR count). The van der Waals surface area contributed by atoms with E-state index in [0.29, 0.717) is 23.6 Å². The number of pyridine rings is 2. The summed E-state index contributed by atoms with van der Waals surface area (Å²) >= 11 is 5.22. The first-order chi connectivity index (χ1) is 15.4. The zero-order valence-electron chi connectivity index (χ0n) is 18.0. The van der Waals surface area contributed by atoms with E-state index >= 15 is 0 Å². The van der Waals surface area contributed by atoms with Crippen molar-refractivity contribution in [1.29, 1.82) is 0 Å². The maximum Gasteiger partial charge on any atom is 0.417 e. The summed E-state index contributed by atoms with van der Waals surface area (Å²) in [5.41, 5.74) is 6.80. The smallest absolute Gasteiger partial charge is 0.417 e. The van der Waals surface area contributed by atoms with Crippen LogP contribution >= 0.6 is 12.2 Å². The predicted molar refractivity (Wildman–Crippen MR) is 123 cm³/mol. The number of aliphatic imine (C=N–C) groups is 1. The van der Waals surface area contributed by atoms with Crippen LogP contribution in [0.3, 0.4) is 0 Å². The lowest BCUT2D eigenvalue weighted by atomic mass is 10.1. The van der Waals surface area contributed by atoms with E-state index in [1.165, 1.54) is 0 Å². The summed E-state index contributed by atoms with van der Waals surface area (Å²) in [7, 11) is 1.09. The molecule has 1 aliphatic rings. The second-order valence-electron chi connectivity index (χ2n) is 7.62. The third-order valence-corrected chi connectivity index (χ3v) is 5.30. The summed E-state index contributed by atoms with van der Waals surface area (Å²) in [5.74, 6) is -0.00785. The van der Waals surface area contributed by atoms with E-state index in [2.05, 4.69) is 25.2 Å². The molecule has 13 heteroatoms. The van der Waals surface area contributed by atoms with E-state index in [1.54, 1.807) is 12.4 Å². The molecule has 2 aromatic heterocycles. The second-order valence-corrected chi connectivity index (χ2v) is 8.01. The number of hydrogen-bond acceptors (Lipinski definition) is 5. The molecule has 4 N–H and O–H groups in total. The number of amides is 1. The molecule has 33 heavy (non-hydrogen) atoms. The molecule has 1 atom stereocenters. The van der Waals surface area contributed by atoms with Crippen LogP contribution in [0.15, 0.2) is 35.7 Å². The van der Waals surface area contributed by atoms with Crippen molar-refractivity contribution in [2.24, 2.45) is 10.7 Å². The molecule has 0 spiro atoms. The third-order valence-electron chi connectivity index (χ3n) is 5.10. The van der Waals surface area contributed by atoms with Crippen molar-refractivity contribution in [2.75, 3.05) is 22.2 Å². The minimum absolute atomic E-state index is 0.0985. The number of nitrogens with zero attached hydrogens (tertiary/aromatic N) is 5. The highest BCUT2D eigenvalue weighted by Crippen LogP contribution is 2.35. The van der Waals surface area contributed by atoms with Gasteiger partial charge in [0.05, 0.1) is 17.3 Å². The van der Waals surface area contributed by atoms with Crippen LogP contribution in [0.1, 0.15) is 25.0 Å². The number of hydrogen-bond donors (Lipinski definition) is 3. The standard InChI is InChI=1S/C20H22F3N7O2S/c1-10(2)30-13-4-5-25-8-11(13)6-14(30)16(24)27-18(33)28-17-15(29(3)19(31)32)7-12(9-26-17)20(21,22)23/h4-5,7-10,14H,6H2,1-3H3,(H,31,32)(H3,24,26,27,28,33).